The molecule has 2 N–H and O–H groups in total. The molecule has 5 nitrogen and oxygen atoms in total. The van der Waals surface area contributed by atoms with Crippen LogP contribution in [0.5, 0.6) is 0 Å². The fourth-order valence-electron chi connectivity index (χ4n) is 3.02. The summed E-state index contributed by atoms with van der Waals surface area (Å²) in [5.41, 5.74) is 2.64. The van der Waals surface area contributed by atoms with E-state index in [4.69, 9.17) is 0 Å². The van der Waals surface area contributed by atoms with E-state index in [1.54, 1.807) is 7.05 Å². The Morgan fingerprint density at radius 1 is 1.16 bits per heavy atom. The molecule has 0 aliphatic carbocycles. The molecule has 0 bridgehead atoms. The molecule has 0 saturated carbocycles. The van der Waals surface area contributed by atoms with Crippen molar-refractivity contribution in [3.8, 4) is 0 Å². The van der Waals surface area contributed by atoms with Gasteiger partial charge in [0.15, 0.2) is 5.96 Å². The number of aromatic nitrogens is 2. The lowest BCUT2D eigenvalue weighted by Crippen LogP contribution is -2.45. The standard InChI is InChI=1S/C19H29N5.HI/c1-5-19(6-2,17-10-8-7-9-11-17)15-22-18(20-3)21-12-16-13-23-24(4)14-16;/h7-11,13-14H,5-6,12,15H2,1-4H3,(H2,20,21,22);1H. The Morgan fingerprint density at radius 2 is 1.84 bits per heavy atom. The van der Waals surface area contributed by atoms with Gasteiger partial charge in [0.05, 0.1) is 6.20 Å². The molecule has 0 unspecified atom stereocenters. The fraction of sp³-hybridized carbons (Fsp3) is 0.474. The number of halogens is 1. The van der Waals surface area contributed by atoms with Crippen LogP contribution in [-0.2, 0) is 19.0 Å². The molecule has 0 aliphatic heterocycles. The van der Waals surface area contributed by atoms with Gasteiger partial charge in [0.25, 0.3) is 0 Å². The molecule has 0 radical (unpaired) electrons. The van der Waals surface area contributed by atoms with E-state index in [-0.39, 0.29) is 29.4 Å². The summed E-state index contributed by atoms with van der Waals surface area (Å²) in [6.45, 7) is 6.08. The molecular weight excluding hydrogens is 425 g/mol. The molecule has 0 saturated heterocycles. The fourth-order valence-corrected chi connectivity index (χ4v) is 3.02. The number of nitrogens with one attached hydrogen (secondary N) is 2. The van der Waals surface area contributed by atoms with Crippen molar-refractivity contribution in [1.82, 2.24) is 20.4 Å². The van der Waals surface area contributed by atoms with Crippen molar-refractivity contribution >= 4 is 29.9 Å². The zero-order valence-corrected chi connectivity index (χ0v) is 18.0. The van der Waals surface area contributed by atoms with E-state index in [0.717, 1.165) is 30.9 Å². The van der Waals surface area contributed by atoms with Crippen molar-refractivity contribution < 1.29 is 0 Å². The van der Waals surface area contributed by atoms with Gasteiger partial charge in [0, 0.05) is 44.4 Å². The Balaban J connectivity index is 0.00000312. The average Bonchev–Trinajstić information content (AvgIpc) is 3.05. The van der Waals surface area contributed by atoms with E-state index >= 15 is 0 Å². The molecule has 0 amide bonds. The minimum atomic E-state index is 0. The molecular formula is C19H30IN5. The Kier molecular flexibility index (Phi) is 8.96. The summed E-state index contributed by atoms with van der Waals surface area (Å²) >= 11 is 0. The number of hydrogen-bond donors (Lipinski definition) is 2. The normalized spacial score (nSPS) is 11.8. The molecule has 0 atom stereocenters. The van der Waals surface area contributed by atoms with Gasteiger partial charge < -0.3 is 10.6 Å². The summed E-state index contributed by atoms with van der Waals surface area (Å²) in [6.07, 6.45) is 6.04. The quantitative estimate of drug-likeness (QED) is 0.382. The molecule has 25 heavy (non-hydrogen) atoms. The molecule has 0 aliphatic rings. The third kappa shape index (κ3) is 5.73. The van der Waals surface area contributed by atoms with Crippen LogP contribution >= 0.6 is 24.0 Å². The van der Waals surface area contributed by atoms with Gasteiger partial charge in [-0.15, -0.1) is 24.0 Å². The summed E-state index contributed by atoms with van der Waals surface area (Å²) in [5, 5.41) is 11.0. The van der Waals surface area contributed by atoms with Crippen molar-refractivity contribution in [2.45, 2.75) is 38.6 Å². The average molecular weight is 455 g/mol. The molecule has 1 aromatic carbocycles. The van der Waals surface area contributed by atoms with Crippen molar-refractivity contribution in [1.29, 1.82) is 0 Å². The maximum Gasteiger partial charge on any atom is 0.191 e. The second-order valence-corrected chi connectivity index (χ2v) is 6.16. The Hall–Kier alpha value is -1.57. The molecule has 6 heteroatoms. The van der Waals surface area contributed by atoms with Crippen molar-refractivity contribution in [3.63, 3.8) is 0 Å². The lowest BCUT2D eigenvalue weighted by Gasteiger charge is -2.33. The van der Waals surface area contributed by atoms with Gasteiger partial charge in [-0.25, -0.2) is 0 Å². The highest BCUT2D eigenvalue weighted by Crippen LogP contribution is 2.30. The number of rotatable bonds is 7. The maximum atomic E-state index is 4.34. The summed E-state index contributed by atoms with van der Waals surface area (Å²) in [4.78, 5) is 4.34. The first-order valence-electron chi connectivity index (χ1n) is 8.61. The minimum absolute atomic E-state index is 0. The van der Waals surface area contributed by atoms with Crippen molar-refractivity contribution in [2.75, 3.05) is 13.6 Å². The Morgan fingerprint density at radius 3 is 2.36 bits per heavy atom. The molecule has 2 aromatic rings. The molecule has 0 fully saturated rings. The number of guanidine groups is 1. The van der Waals surface area contributed by atoms with Gasteiger partial charge in [-0.2, -0.15) is 5.10 Å². The second-order valence-electron chi connectivity index (χ2n) is 6.16. The topological polar surface area (TPSA) is 54.2 Å². The summed E-state index contributed by atoms with van der Waals surface area (Å²) < 4.78 is 1.81. The molecule has 2 rings (SSSR count). The smallest absolute Gasteiger partial charge is 0.191 e. The molecule has 1 heterocycles. The monoisotopic (exact) mass is 455 g/mol. The highest BCUT2D eigenvalue weighted by molar-refractivity contribution is 14.0. The number of nitrogens with zero attached hydrogens (tertiary/aromatic N) is 3. The lowest BCUT2D eigenvalue weighted by molar-refractivity contribution is 0.389. The van der Waals surface area contributed by atoms with E-state index < -0.39 is 0 Å². The highest BCUT2D eigenvalue weighted by Gasteiger charge is 2.28. The van der Waals surface area contributed by atoms with Crippen LogP contribution in [0.15, 0.2) is 47.7 Å². The second kappa shape index (κ2) is 10.4. The van der Waals surface area contributed by atoms with Crippen LogP contribution in [0, 0.1) is 0 Å². The molecule has 1 aromatic heterocycles. The SMILES string of the molecule is CCC(CC)(CNC(=NC)NCc1cnn(C)c1)c1ccccc1.I. The number of hydrogen-bond acceptors (Lipinski definition) is 2. The zero-order chi connectivity index (χ0) is 17.4. The summed E-state index contributed by atoms with van der Waals surface area (Å²) in [6, 6.07) is 10.7. The number of aliphatic imine (C=N–C) groups is 1. The minimum Gasteiger partial charge on any atom is -0.356 e. The largest absolute Gasteiger partial charge is 0.356 e. The third-order valence-electron chi connectivity index (χ3n) is 4.78. The van der Waals surface area contributed by atoms with Crippen LogP contribution in [0.2, 0.25) is 0 Å². The summed E-state index contributed by atoms with van der Waals surface area (Å²) in [5.74, 6) is 0.820. The summed E-state index contributed by atoms with van der Waals surface area (Å²) in [7, 11) is 3.73. The van der Waals surface area contributed by atoms with E-state index in [1.807, 2.05) is 24.1 Å². The number of benzene rings is 1. The first-order valence-corrected chi connectivity index (χ1v) is 8.61. The van der Waals surface area contributed by atoms with Crippen LogP contribution < -0.4 is 10.6 Å². The van der Waals surface area contributed by atoms with Crippen LogP contribution in [0.4, 0.5) is 0 Å². The van der Waals surface area contributed by atoms with Crippen LogP contribution in [0.1, 0.15) is 37.8 Å². The van der Waals surface area contributed by atoms with E-state index in [0.29, 0.717) is 6.54 Å². The van der Waals surface area contributed by atoms with Crippen molar-refractivity contribution in [2.24, 2.45) is 12.0 Å². The molecule has 0 spiro atoms. The van der Waals surface area contributed by atoms with E-state index in [2.05, 4.69) is 64.9 Å². The predicted octanol–water partition coefficient (Wildman–Crippen LogP) is 3.46. The third-order valence-corrected chi connectivity index (χ3v) is 4.78. The van der Waals surface area contributed by atoms with E-state index in [9.17, 15) is 0 Å². The lowest BCUT2D eigenvalue weighted by atomic mass is 9.76. The zero-order valence-electron chi connectivity index (χ0n) is 15.6. The van der Waals surface area contributed by atoms with Gasteiger partial charge >= 0.3 is 0 Å². The maximum absolute atomic E-state index is 4.34. The van der Waals surface area contributed by atoms with E-state index in [1.165, 1.54) is 5.56 Å². The first-order chi connectivity index (χ1) is 11.6. The van der Waals surface area contributed by atoms with Gasteiger partial charge in [0.2, 0.25) is 0 Å². The van der Waals surface area contributed by atoms with Gasteiger partial charge in [-0.05, 0) is 18.4 Å². The van der Waals surface area contributed by atoms with Crippen molar-refractivity contribution in [3.05, 3.63) is 53.9 Å². The van der Waals surface area contributed by atoms with Crippen LogP contribution in [-0.4, -0.2) is 29.3 Å². The van der Waals surface area contributed by atoms with Crippen LogP contribution in [0.25, 0.3) is 0 Å². The molecule has 138 valence electrons. The van der Waals surface area contributed by atoms with Gasteiger partial charge in [-0.3, -0.25) is 9.67 Å². The van der Waals surface area contributed by atoms with Crippen LogP contribution in [0.3, 0.4) is 0 Å². The highest BCUT2D eigenvalue weighted by atomic mass is 127. The number of aryl methyl sites for hydroxylation is 1. The predicted molar refractivity (Wildman–Crippen MR) is 116 cm³/mol. The first kappa shape index (κ1) is 21.5. The van der Waals surface area contributed by atoms with Gasteiger partial charge in [0.1, 0.15) is 0 Å². The Labute approximate surface area is 168 Å². The Bertz CT molecular complexity index is 647. The van der Waals surface area contributed by atoms with Gasteiger partial charge in [-0.1, -0.05) is 44.2 Å².